The number of nitrogens with zero attached hydrogens (tertiary/aromatic N) is 2. The predicted molar refractivity (Wildman–Crippen MR) is 112 cm³/mol. The molecule has 2 aromatic carbocycles. The summed E-state index contributed by atoms with van der Waals surface area (Å²) in [5, 5.41) is 3.63. The van der Waals surface area contributed by atoms with Crippen molar-refractivity contribution in [3.05, 3.63) is 65.9 Å². The molecule has 0 bridgehead atoms. The lowest BCUT2D eigenvalue weighted by molar-refractivity contribution is 0.0499. The second kappa shape index (κ2) is 9.77. The van der Waals surface area contributed by atoms with E-state index >= 15 is 0 Å². The van der Waals surface area contributed by atoms with E-state index in [1.807, 2.05) is 25.1 Å². The van der Waals surface area contributed by atoms with Crippen LogP contribution < -0.4 is 5.23 Å². The van der Waals surface area contributed by atoms with Crippen LogP contribution in [0.5, 0.6) is 0 Å². The lowest BCUT2D eigenvalue weighted by atomic mass is 10.0. The average molecular weight is 395 g/mol. The molecule has 0 fully saturated rings. The summed E-state index contributed by atoms with van der Waals surface area (Å²) < 4.78 is 30.8. The number of unbranched alkanes of at least 4 members (excludes halogenated alkanes) is 1. The Labute approximate surface area is 168 Å². The van der Waals surface area contributed by atoms with Gasteiger partial charge in [-0.05, 0) is 30.0 Å². The first-order valence-electron chi connectivity index (χ1n) is 9.32. The van der Waals surface area contributed by atoms with Crippen molar-refractivity contribution < 1.29 is 18.2 Å². The molecule has 1 aromatic heterocycles. The van der Waals surface area contributed by atoms with Gasteiger partial charge in [0.15, 0.2) is 5.82 Å². The second-order valence-corrected chi connectivity index (χ2v) is 6.35. The van der Waals surface area contributed by atoms with Gasteiger partial charge in [0.2, 0.25) is 0 Å². The highest BCUT2D eigenvalue weighted by Crippen LogP contribution is 2.27. The third-order valence-electron chi connectivity index (χ3n) is 4.25. The Kier molecular flexibility index (Phi) is 6.89. The van der Waals surface area contributed by atoms with Crippen molar-refractivity contribution in [2.75, 3.05) is 11.8 Å². The number of rotatable bonds is 8. The van der Waals surface area contributed by atoms with Gasteiger partial charge in [0, 0.05) is 29.0 Å². The SMILES string of the molecule is CCCCOC(=O)c1ccc(N=Cc2cccc3cccc(NB(F)F)c23)nc1. The van der Waals surface area contributed by atoms with Crippen LogP contribution in [0.3, 0.4) is 0 Å². The number of carbonyl (C=O) groups is 1. The van der Waals surface area contributed by atoms with Gasteiger partial charge < -0.3 is 9.96 Å². The van der Waals surface area contributed by atoms with Crippen LogP contribution in [-0.4, -0.2) is 31.2 Å². The van der Waals surface area contributed by atoms with Gasteiger partial charge in [-0.3, -0.25) is 8.63 Å². The lowest BCUT2D eigenvalue weighted by Crippen LogP contribution is -2.13. The number of hydrogen-bond donors (Lipinski definition) is 1. The van der Waals surface area contributed by atoms with E-state index in [1.54, 1.807) is 36.5 Å². The highest BCUT2D eigenvalue weighted by Gasteiger charge is 2.15. The molecule has 3 rings (SSSR count). The minimum Gasteiger partial charge on any atom is -0.462 e. The molecule has 0 saturated carbocycles. The molecule has 148 valence electrons. The number of benzene rings is 2. The molecule has 0 unspecified atom stereocenters. The third-order valence-corrected chi connectivity index (χ3v) is 4.25. The Morgan fingerprint density at radius 1 is 1.21 bits per heavy atom. The second-order valence-electron chi connectivity index (χ2n) is 6.35. The van der Waals surface area contributed by atoms with E-state index < -0.39 is 13.4 Å². The van der Waals surface area contributed by atoms with E-state index in [9.17, 15) is 13.4 Å². The van der Waals surface area contributed by atoms with Gasteiger partial charge in [-0.15, -0.1) is 0 Å². The molecule has 0 spiro atoms. The topological polar surface area (TPSA) is 63.6 Å². The number of aliphatic imine (C=N–C) groups is 1. The first kappa shape index (κ1) is 20.4. The van der Waals surface area contributed by atoms with E-state index in [2.05, 4.69) is 15.2 Å². The fourth-order valence-corrected chi connectivity index (χ4v) is 2.83. The summed E-state index contributed by atoms with van der Waals surface area (Å²) in [6.07, 6.45) is 4.74. The molecule has 29 heavy (non-hydrogen) atoms. The molecule has 0 aliphatic carbocycles. The van der Waals surface area contributed by atoms with Crippen molar-refractivity contribution in [2.24, 2.45) is 4.99 Å². The summed E-state index contributed by atoms with van der Waals surface area (Å²) in [6, 6.07) is 13.8. The molecular formula is C21H20BF2N3O2. The van der Waals surface area contributed by atoms with Crippen molar-refractivity contribution in [3.8, 4) is 0 Å². The number of pyridine rings is 1. The largest absolute Gasteiger partial charge is 0.670 e. The summed E-state index contributed by atoms with van der Waals surface area (Å²) >= 11 is 0. The molecule has 3 aromatic rings. The molecule has 1 N–H and O–H groups in total. The number of ether oxygens (including phenoxy) is 1. The zero-order valence-corrected chi connectivity index (χ0v) is 15.9. The highest BCUT2D eigenvalue weighted by molar-refractivity contribution is 6.48. The number of hydrogen-bond acceptors (Lipinski definition) is 5. The minimum absolute atomic E-state index is 0.331. The maximum Gasteiger partial charge on any atom is 0.670 e. The fourth-order valence-electron chi connectivity index (χ4n) is 2.83. The molecular weight excluding hydrogens is 375 g/mol. The summed E-state index contributed by atoms with van der Waals surface area (Å²) in [4.78, 5) is 20.4. The van der Waals surface area contributed by atoms with Crippen LogP contribution in [0.25, 0.3) is 10.8 Å². The smallest absolute Gasteiger partial charge is 0.462 e. The first-order chi connectivity index (χ1) is 14.1. The van der Waals surface area contributed by atoms with Crippen LogP contribution in [0.15, 0.2) is 59.7 Å². The first-order valence-corrected chi connectivity index (χ1v) is 9.32. The summed E-state index contributed by atoms with van der Waals surface area (Å²) in [7, 11) is -2.67. The Balaban J connectivity index is 1.81. The number of fused-ring (bicyclic) bond motifs is 1. The number of anilines is 1. The van der Waals surface area contributed by atoms with Crippen molar-refractivity contribution in [2.45, 2.75) is 19.8 Å². The van der Waals surface area contributed by atoms with Gasteiger partial charge in [-0.2, -0.15) is 0 Å². The van der Waals surface area contributed by atoms with E-state index in [-0.39, 0.29) is 0 Å². The monoisotopic (exact) mass is 395 g/mol. The van der Waals surface area contributed by atoms with Crippen LogP contribution in [0.4, 0.5) is 20.1 Å². The van der Waals surface area contributed by atoms with E-state index in [0.29, 0.717) is 34.6 Å². The van der Waals surface area contributed by atoms with Crippen LogP contribution in [0, 0.1) is 0 Å². The van der Waals surface area contributed by atoms with Gasteiger partial charge in [0.1, 0.15) is 0 Å². The van der Waals surface area contributed by atoms with Crippen LogP contribution in [0.1, 0.15) is 35.7 Å². The Morgan fingerprint density at radius 2 is 2.00 bits per heavy atom. The van der Waals surface area contributed by atoms with Gasteiger partial charge in [-0.25, -0.2) is 14.8 Å². The summed E-state index contributed by atoms with van der Waals surface area (Å²) in [5.41, 5.74) is 1.36. The van der Waals surface area contributed by atoms with Crippen LogP contribution in [-0.2, 0) is 4.74 Å². The predicted octanol–water partition coefficient (Wildman–Crippen LogP) is 5.28. The molecule has 0 aliphatic heterocycles. The zero-order chi connectivity index (χ0) is 20.6. The Morgan fingerprint density at radius 3 is 2.69 bits per heavy atom. The lowest BCUT2D eigenvalue weighted by Gasteiger charge is -2.09. The number of carbonyl (C=O) groups excluding carboxylic acids is 1. The van der Waals surface area contributed by atoms with Gasteiger partial charge in [0.05, 0.1) is 12.2 Å². The maximum absolute atomic E-state index is 12.8. The molecule has 5 nitrogen and oxygen atoms in total. The van der Waals surface area contributed by atoms with Crippen molar-refractivity contribution in [1.82, 2.24) is 4.98 Å². The quantitative estimate of drug-likeness (QED) is 0.244. The molecule has 0 atom stereocenters. The van der Waals surface area contributed by atoms with Crippen LogP contribution in [0.2, 0.25) is 0 Å². The summed E-state index contributed by atoms with van der Waals surface area (Å²) in [6.45, 7) is 2.40. The van der Waals surface area contributed by atoms with E-state index in [4.69, 9.17) is 4.74 Å². The normalized spacial score (nSPS) is 11.0. The minimum atomic E-state index is -2.67. The zero-order valence-electron chi connectivity index (χ0n) is 15.9. The van der Waals surface area contributed by atoms with Crippen molar-refractivity contribution in [3.63, 3.8) is 0 Å². The number of aromatic nitrogens is 1. The summed E-state index contributed by atoms with van der Waals surface area (Å²) in [5.74, 6) is -0.0235. The molecule has 0 aliphatic rings. The molecule has 8 heteroatoms. The molecule has 1 heterocycles. The van der Waals surface area contributed by atoms with Gasteiger partial charge >= 0.3 is 13.4 Å². The molecule has 0 radical (unpaired) electrons. The van der Waals surface area contributed by atoms with E-state index in [1.165, 1.54) is 6.20 Å². The van der Waals surface area contributed by atoms with Gasteiger partial charge in [0.25, 0.3) is 0 Å². The number of nitrogens with one attached hydrogen (secondary N) is 1. The third kappa shape index (κ3) is 5.37. The maximum atomic E-state index is 12.8. The number of halogens is 2. The van der Waals surface area contributed by atoms with Crippen molar-refractivity contribution in [1.29, 1.82) is 0 Å². The fraction of sp³-hybridized carbons (Fsp3) is 0.190. The Bertz CT molecular complexity index is 1010. The van der Waals surface area contributed by atoms with Gasteiger partial charge in [-0.1, -0.05) is 43.7 Å². The average Bonchev–Trinajstić information content (AvgIpc) is 2.72. The number of esters is 1. The van der Waals surface area contributed by atoms with Crippen LogP contribution >= 0.6 is 0 Å². The molecule has 0 saturated heterocycles. The van der Waals surface area contributed by atoms with Crippen molar-refractivity contribution >= 4 is 41.9 Å². The Hall–Kier alpha value is -3.29. The standard InChI is InChI=1S/C21H20BF2N3O2/c1-2-3-12-29-21(28)17-10-11-19(26-14-17)25-13-16-8-4-6-15-7-5-9-18(20(15)16)27-22(23)24/h4-11,13-14,27H,2-3,12H2,1H3. The highest BCUT2D eigenvalue weighted by atomic mass is 19.2. The van der Waals surface area contributed by atoms with E-state index in [0.717, 1.165) is 18.2 Å². The molecule has 0 amide bonds.